The number of fused-ring (bicyclic) bond motifs is 3. The van der Waals surface area contributed by atoms with Crippen LogP contribution in [0.1, 0.15) is 13.8 Å². The van der Waals surface area contributed by atoms with Gasteiger partial charge >= 0.3 is 6.03 Å². The van der Waals surface area contributed by atoms with Crippen molar-refractivity contribution in [1.29, 1.82) is 0 Å². The van der Waals surface area contributed by atoms with Crippen LogP contribution in [0.4, 0.5) is 10.5 Å². The smallest absolute Gasteiger partial charge is 0.328 e. The number of hydrogen-bond donors (Lipinski definition) is 1. The molecule has 3 aliphatic rings. The van der Waals surface area contributed by atoms with E-state index in [0.29, 0.717) is 5.92 Å². The zero-order chi connectivity index (χ0) is 20.2. The minimum absolute atomic E-state index is 0.128. The number of nitrogens with zero attached hydrogens (tertiary/aromatic N) is 4. The van der Waals surface area contributed by atoms with Gasteiger partial charge in [0, 0.05) is 30.3 Å². The number of benzene rings is 1. The summed E-state index contributed by atoms with van der Waals surface area (Å²) in [7, 11) is 1.76. The van der Waals surface area contributed by atoms with Crippen molar-refractivity contribution in [2.75, 3.05) is 31.6 Å². The molecule has 4 atom stereocenters. The normalized spacial score (nSPS) is 30.5. The number of anilines is 1. The summed E-state index contributed by atoms with van der Waals surface area (Å²) >= 11 is 3.49. The van der Waals surface area contributed by atoms with Gasteiger partial charge in [0.1, 0.15) is 18.5 Å². The van der Waals surface area contributed by atoms with Gasteiger partial charge in [0.05, 0.1) is 6.54 Å². The van der Waals surface area contributed by atoms with E-state index in [1.54, 1.807) is 11.9 Å². The Morgan fingerprint density at radius 3 is 2.57 bits per heavy atom. The molecule has 7 nitrogen and oxygen atoms in total. The number of imide groups is 1. The first-order valence-corrected chi connectivity index (χ1v) is 10.3. The maximum absolute atomic E-state index is 13.3. The summed E-state index contributed by atoms with van der Waals surface area (Å²) in [5.74, 6) is 0.252. The van der Waals surface area contributed by atoms with Crippen molar-refractivity contribution in [2.24, 2.45) is 5.92 Å². The van der Waals surface area contributed by atoms with Crippen molar-refractivity contribution < 1.29 is 9.59 Å². The van der Waals surface area contributed by atoms with Gasteiger partial charge in [-0.05, 0) is 37.1 Å². The van der Waals surface area contributed by atoms with Gasteiger partial charge in [-0.15, -0.1) is 0 Å². The van der Waals surface area contributed by atoms with E-state index in [0.717, 1.165) is 28.8 Å². The van der Waals surface area contributed by atoms with Gasteiger partial charge < -0.3 is 9.80 Å². The molecule has 0 radical (unpaired) electrons. The number of carbonyl (C=O) groups excluding carboxylic acids is 2. The van der Waals surface area contributed by atoms with Crippen molar-refractivity contribution in [3.63, 3.8) is 0 Å². The number of nitrogens with one attached hydrogen (secondary N) is 1. The zero-order valence-corrected chi connectivity index (χ0v) is 18.0. The third-order valence-corrected chi connectivity index (χ3v) is 6.20. The van der Waals surface area contributed by atoms with E-state index in [9.17, 15) is 9.59 Å². The highest BCUT2D eigenvalue weighted by atomic mass is 79.9. The van der Waals surface area contributed by atoms with Crippen LogP contribution in [-0.2, 0) is 4.79 Å². The molecule has 3 saturated heterocycles. The Labute approximate surface area is 174 Å². The average molecular weight is 448 g/mol. The molecular formula is C20H26BrN5O2. The molecular weight excluding hydrogens is 422 g/mol. The Bertz CT molecular complexity index is 813. The molecule has 0 aromatic heterocycles. The predicted octanol–water partition coefficient (Wildman–Crippen LogP) is 2.26. The van der Waals surface area contributed by atoms with Crippen molar-refractivity contribution in [3.05, 3.63) is 40.9 Å². The number of likely N-dealkylation sites (N-methyl/N-ethyl adjacent to an activating group) is 1. The number of amides is 3. The molecule has 0 bridgehead atoms. The minimum atomic E-state index is -0.396. The topological polar surface area (TPSA) is 59.1 Å². The quantitative estimate of drug-likeness (QED) is 0.720. The second-order valence-electron chi connectivity index (χ2n) is 8.14. The molecule has 0 aliphatic carbocycles. The van der Waals surface area contributed by atoms with Crippen LogP contribution in [0, 0.1) is 5.92 Å². The molecule has 0 saturated carbocycles. The standard InChI is InChI=1S/C20H26BrN5O2/c1-12(2)9-26-18(27)16-17(23(4)20(26)28)22-19-24(10-13(3)11-25(16)19)15-7-5-14(21)6-8-15/h5-8,13,16-17,19,22H,1,9-11H2,2-4H3. The van der Waals surface area contributed by atoms with E-state index in [1.807, 2.05) is 19.1 Å². The Morgan fingerprint density at radius 1 is 1.25 bits per heavy atom. The predicted molar refractivity (Wildman–Crippen MR) is 112 cm³/mol. The van der Waals surface area contributed by atoms with Gasteiger partial charge in [-0.3, -0.25) is 19.9 Å². The van der Waals surface area contributed by atoms with Crippen LogP contribution in [-0.4, -0.2) is 71.8 Å². The van der Waals surface area contributed by atoms with Crippen LogP contribution in [0.5, 0.6) is 0 Å². The fraction of sp³-hybridized carbons (Fsp3) is 0.500. The molecule has 3 fully saturated rings. The van der Waals surface area contributed by atoms with Crippen LogP contribution in [0.15, 0.2) is 40.9 Å². The lowest BCUT2D eigenvalue weighted by Gasteiger charge is -2.46. The molecule has 4 unspecified atom stereocenters. The summed E-state index contributed by atoms with van der Waals surface area (Å²) in [6.45, 7) is 9.86. The summed E-state index contributed by atoms with van der Waals surface area (Å²) in [5.41, 5.74) is 1.88. The Balaban J connectivity index is 1.68. The van der Waals surface area contributed by atoms with Crippen LogP contribution in [0.3, 0.4) is 0 Å². The maximum Gasteiger partial charge on any atom is 0.328 e. The molecule has 3 amide bonds. The first-order chi connectivity index (χ1) is 13.3. The third kappa shape index (κ3) is 3.13. The number of rotatable bonds is 3. The van der Waals surface area contributed by atoms with Gasteiger partial charge in [-0.1, -0.05) is 35.0 Å². The molecule has 0 spiro atoms. The Hall–Kier alpha value is -1.90. The van der Waals surface area contributed by atoms with E-state index in [4.69, 9.17) is 0 Å². The molecule has 1 aromatic rings. The summed E-state index contributed by atoms with van der Waals surface area (Å²) in [6.07, 6.45) is -0.467. The van der Waals surface area contributed by atoms with Crippen LogP contribution in [0.2, 0.25) is 0 Å². The van der Waals surface area contributed by atoms with Gasteiger partial charge in [0.25, 0.3) is 5.91 Å². The van der Waals surface area contributed by atoms with Gasteiger partial charge in [0.2, 0.25) is 0 Å². The SMILES string of the molecule is C=C(C)CN1C(=O)C2C(NC3N(c4ccc(Br)cc4)CC(C)CN23)N(C)C1=O. The number of urea groups is 1. The highest BCUT2D eigenvalue weighted by Gasteiger charge is 2.56. The number of carbonyl (C=O) groups is 2. The van der Waals surface area contributed by atoms with Crippen molar-refractivity contribution in [2.45, 2.75) is 32.3 Å². The monoisotopic (exact) mass is 447 g/mol. The van der Waals surface area contributed by atoms with E-state index < -0.39 is 6.04 Å². The molecule has 1 aromatic carbocycles. The second kappa shape index (κ2) is 7.17. The van der Waals surface area contributed by atoms with Gasteiger partial charge in [-0.25, -0.2) is 4.79 Å². The number of hydrogen-bond acceptors (Lipinski definition) is 5. The Morgan fingerprint density at radius 2 is 1.93 bits per heavy atom. The largest absolute Gasteiger partial charge is 0.343 e. The third-order valence-electron chi connectivity index (χ3n) is 5.67. The first-order valence-electron chi connectivity index (χ1n) is 9.54. The summed E-state index contributed by atoms with van der Waals surface area (Å²) in [4.78, 5) is 33.5. The molecule has 1 N–H and O–H groups in total. The van der Waals surface area contributed by atoms with Crippen LogP contribution >= 0.6 is 15.9 Å². The van der Waals surface area contributed by atoms with Crippen molar-refractivity contribution >= 4 is 33.6 Å². The average Bonchev–Trinajstić information content (AvgIpc) is 3.03. The highest BCUT2D eigenvalue weighted by Crippen LogP contribution is 2.34. The van der Waals surface area contributed by atoms with Crippen molar-refractivity contribution in [1.82, 2.24) is 20.0 Å². The van der Waals surface area contributed by atoms with E-state index in [-0.39, 0.29) is 30.9 Å². The summed E-state index contributed by atoms with van der Waals surface area (Å²) in [6, 6.07) is 7.53. The fourth-order valence-electron chi connectivity index (χ4n) is 4.47. The van der Waals surface area contributed by atoms with Gasteiger partial charge in [-0.2, -0.15) is 0 Å². The lowest BCUT2D eigenvalue weighted by atomic mass is 10.0. The van der Waals surface area contributed by atoms with Crippen LogP contribution < -0.4 is 10.2 Å². The minimum Gasteiger partial charge on any atom is -0.343 e. The Kier molecular flexibility index (Phi) is 4.97. The molecule has 8 heteroatoms. The first kappa shape index (κ1) is 19.4. The van der Waals surface area contributed by atoms with E-state index >= 15 is 0 Å². The zero-order valence-electron chi connectivity index (χ0n) is 16.4. The summed E-state index contributed by atoms with van der Waals surface area (Å²) < 4.78 is 1.03. The fourth-order valence-corrected chi connectivity index (χ4v) is 4.73. The lowest BCUT2D eigenvalue weighted by Crippen LogP contribution is -2.66. The van der Waals surface area contributed by atoms with E-state index in [2.05, 4.69) is 56.7 Å². The molecule has 3 aliphatic heterocycles. The number of halogens is 1. The van der Waals surface area contributed by atoms with E-state index in [1.165, 1.54) is 4.90 Å². The van der Waals surface area contributed by atoms with Crippen LogP contribution in [0.25, 0.3) is 0 Å². The van der Waals surface area contributed by atoms with Gasteiger partial charge in [0.15, 0.2) is 0 Å². The second-order valence-corrected chi connectivity index (χ2v) is 9.05. The molecule has 150 valence electrons. The van der Waals surface area contributed by atoms with Crippen molar-refractivity contribution in [3.8, 4) is 0 Å². The summed E-state index contributed by atoms with van der Waals surface area (Å²) in [5, 5.41) is 3.54. The molecule has 28 heavy (non-hydrogen) atoms. The highest BCUT2D eigenvalue weighted by molar-refractivity contribution is 9.10. The molecule has 4 rings (SSSR count). The lowest BCUT2D eigenvalue weighted by molar-refractivity contribution is -0.138. The maximum atomic E-state index is 13.3. The molecule has 3 heterocycles.